The van der Waals surface area contributed by atoms with Crippen molar-refractivity contribution < 1.29 is 14.6 Å². The van der Waals surface area contributed by atoms with Crippen LogP contribution in [-0.2, 0) is 15.9 Å². The first-order valence-electron chi connectivity index (χ1n) is 7.58. The van der Waals surface area contributed by atoms with Crippen molar-refractivity contribution >= 4 is 0 Å². The molecule has 3 rings (SSSR count). The fraction of sp³-hybridized carbons (Fsp3) is 0.500. The lowest BCUT2D eigenvalue weighted by molar-refractivity contribution is -0.171. The van der Waals surface area contributed by atoms with Gasteiger partial charge >= 0.3 is 0 Å². The van der Waals surface area contributed by atoms with Crippen molar-refractivity contribution in [1.29, 1.82) is 0 Å². The highest BCUT2D eigenvalue weighted by Crippen LogP contribution is 2.28. The smallest absolute Gasteiger partial charge is 0.171 e. The van der Waals surface area contributed by atoms with Gasteiger partial charge < -0.3 is 14.6 Å². The van der Waals surface area contributed by atoms with Crippen LogP contribution in [0, 0.1) is 6.92 Å². The lowest BCUT2D eigenvalue weighted by atomic mass is 10.1. The summed E-state index contributed by atoms with van der Waals surface area (Å²) in [5.41, 5.74) is 3.07. The van der Waals surface area contributed by atoms with Crippen molar-refractivity contribution in [2.45, 2.75) is 32.0 Å². The van der Waals surface area contributed by atoms with E-state index in [1.807, 2.05) is 37.4 Å². The van der Waals surface area contributed by atoms with Gasteiger partial charge in [-0.05, 0) is 25.0 Å². The van der Waals surface area contributed by atoms with Crippen molar-refractivity contribution in [2.75, 3.05) is 19.8 Å². The standard InChI is InChI=1S/C16H21N3O3/c1-13-4-2-3-5-15(13)19-12-14(17-18-19)6-7-16(8-9-20)21-10-11-22-16/h2-5,12,20H,6-11H2,1H3. The number of para-hydroxylation sites is 1. The minimum atomic E-state index is -0.665. The molecule has 0 aliphatic carbocycles. The zero-order chi connectivity index (χ0) is 15.4. The molecule has 1 fully saturated rings. The van der Waals surface area contributed by atoms with Gasteiger partial charge in [0.05, 0.1) is 30.8 Å². The molecular weight excluding hydrogens is 282 g/mol. The van der Waals surface area contributed by atoms with Crippen molar-refractivity contribution in [2.24, 2.45) is 0 Å². The summed E-state index contributed by atoms with van der Waals surface area (Å²) in [6.07, 6.45) is 3.79. The van der Waals surface area contributed by atoms with Gasteiger partial charge in [-0.3, -0.25) is 0 Å². The molecule has 6 nitrogen and oxygen atoms in total. The largest absolute Gasteiger partial charge is 0.396 e. The number of aryl methyl sites for hydroxylation is 2. The molecule has 1 aliphatic heterocycles. The van der Waals surface area contributed by atoms with Gasteiger partial charge in [-0.1, -0.05) is 23.4 Å². The molecule has 1 aliphatic rings. The molecule has 1 saturated heterocycles. The van der Waals surface area contributed by atoms with Crippen LogP contribution in [0.5, 0.6) is 0 Å². The van der Waals surface area contributed by atoms with E-state index in [1.165, 1.54) is 0 Å². The Bertz CT molecular complexity index is 621. The summed E-state index contributed by atoms with van der Waals surface area (Å²) in [6.45, 7) is 3.26. The Balaban J connectivity index is 1.68. The Morgan fingerprint density at radius 3 is 2.73 bits per heavy atom. The third-order valence-electron chi connectivity index (χ3n) is 3.97. The minimum Gasteiger partial charge on any atom is -0.396 e. The predicted molar refractivity (Wildman–Crippen MR) is 80.8 cm³/mol. The summed E-state index contributed by atoms with van der Waals surface area (Å²) in [5, 5.41) is 17.6. The number of hydrogen-bond acceptors (Lipinski definition) is 5. The van der Waals surface area contributed by atoms with Gasteiger partial charge in [0.15, 0.2) is 5.79 Å². The molecule has 0 unspecified atom stereocenters. The minimum absolute atomic E-state index is 0.0515. The number of aliphatic hydroxyl groups is 1. The number of nitrogens with zero attached hydrogens (tertiary/aromatic N) is 3. The number of aromatic nitrogens is 3. The fourth-order valence-corrected chi connectivity index (χ4v) is 2.75. The maximum Gasteiger partial charge on any atom is 0.171 e. The topological polar surface area (TPSA) is 69.4 Å². The molecule has 22 heavy (non-hydrogen) atoms. The maximum atomic E-state index is 9.18. The molecule has 2 aromatic rings. The summed E-state index contributed by atoms with van der Waals surface area (Å²) in [5.74, 6) is -0.665. The number of rotatable bonds is 6. The quantitative estimate of drug-likeness (QED) is 0.878. The summed E-state index contributed by atoms with van der Waals surface area (Å²) in [7, 11) is 0. The summed E-state index contributed by atoms with van der Waals surface area (Å²) in [4.78, 5) is 0. The molecule has 1 N–H and O–H groups in total. The Morgan fingerprint density at radius 1 is 1.23 bits per heavy atom. The van der Waals surface area contributed by atoms with E-state index in [-0.39, 0.29) is 6.61 Å². The maximum absolute atomic E-state index is 9.18. The normalized spacial score (nSPS) is 17.0. The van der Waals surface area contributed by atoms with Gasteiger partial charge in [0, 0.05) is 19.4 Å². The molecule has 0 atom stereocenters. The van der Waals surface area contributed by atoms with Crippen molar-refractivity contribution in [3.8, 4) is 5.69 Å². The lowest BCUT2D eigenvalue weighted by Gasteiger charge is -2.26. The molecule has 0 bridgehead atoms. The van der Waals surface area contributed by atoms with Gasteiger partial charge in [0.25, 0.3) is 0 Å². The Hall–Kier alpha value is -1.76. The highest BCUT2D eigenvalue weighted by Gasteiger charge is 2.35. The van der Waals surface area contributed by atoms with Crippen LogP contribution in [0.15, 0.2) is 30.5 Å². The van der Waals surface area contributed by atoms with Crippen LogP contribution in [0.25, 0.3) is 5.69 Å². The fourth-order valence-electron chi connectivity index (χ4n) is 2.75. The first-order chi connectivity index (χ1) is 10.7. The van der Waals surface area contributed by atoms with Crippen LogP contribution in [0.3, 0.4) is 0 Å². The molecule has 0 saturated carbocycles. The first-order valence-corrected chi connectivity index (χ1v) is 7.58. The number of aliphatic hydroxyl groups excluding tert-OH is 1. The van der Waals surface area contributed by atoms with Crippen LogP contribution in [0.4, 0.5) is 0 Å². The van der Waals surface area contributed by atoms with Crippen LogP contribution in [0.1, 0.15) is 24.1 Å². The molecule has 0 amide bonds. The molecule has 0 spiro atoms. The van der Waals surface area contributed by atoms with E-state index in [0.717, 1.165) is 16.9 Å². The summed E-state index contributed by atoms with van der Waals surface area (Å²) in [6, 6.07) is 8.06. The van der Waals surface area contributed by atoms with E-state index >= 15 is 0 Å². The van der Waals surface area contributed by atoms with E-state index < -0.39 is 5.79 Å². The molecule has 6 heteroatoms. The number of benzene rings is 1. The van der Waals surface area contributed by atoms with E-state index in [0.29, 0.717) is 32.5 Å². The van der Waals surface area contributed by atoms with E-state index in [1.54, 1.807) is 4.68 Å². The highest BCUT2D eigenvalue weighted by atomic mass is 16.7. The Kier molecular flexibility index (Phi) is 4.52. The third-order valence-corrected chi connectivity index (χ3v) is 3.97. The molecule has 2 heterocycles. The lowest BCUT2D eigenvalue weighted by Crippen LogP contribution is -2.32. The zero-order valence-corrected chi connectivity index (χ0v) is 12.7. The Morgan fingerprint density at radius 2 is 2.00 bits per heavy atom. The molecule has 1 aromatic heterocycles. The van der Waals surface area contributed by atoms with Gasteiger partial charge in [0.2, 0.25) is 0 Å². The first kappa shape index (κ1) is 15.1. The van der Waals surface area contributed by atoms with E-state index in [2.05, 4.69) is 10.3 Å². The van der Waals surface area contributed by atoms with E-state index in [9.17, 15) is 5.11 Å². The van der Waals surface area contributed by atoms with Crippen LogP contribution in [-0.4, -0.2) is 45.7 Å². The second-order valence-corrected chi connectivity index (χ2v) is 5.52. The average molecular weight is 303 g/mol. The predicted octanol–water partition coefficient (Wildman–Crippen LogP) is 1.63. The Labute approximate surface area is 129 Å². The third kappa shape index (κ3) is 3.19. The second kappa shape index (κ2) is 6.56. The van der Waals surface area contributed by atoms with Gasteiger partial charge in [-0.25, -0.2) is 4.68 Å². The number of hydrogen-bond donors (Lipinski definition) is 1. The van der Waals surface area contributed by atoms with Gasteiger partial charge in [-0.15, -0.1) is 5.10 Å². The van der Waals surface area contributed by atoms with Gasteiger partial charge in [-0.2, -0.15) is 0 Å². The number of ether oxygens (including phenoxy) is 2. The van der Waals surface area contributed by atoms with Crippen molar-refractivity contribution in [3.63, 3.8) is 0 Å². The second-order valence-electron chi connectivity index (χ2n) is 5.52. The zero-order valence-electron chi connectivity index (χ0n) is 12.7. The highest BCUT2D eigenvalue weighted by molar-refractivity contribution is 5.38. The van der Waals surface area contributed by atoms with Crippen LogP contribution in [0.2, 0.25) is 0 Å². The summed E-state index contributed by atoms with van der Waals surface area (Å²) < 4.78 is 13.1. The van der Waals surface area contributed by atoms with E-state index in [4.69, 9.17) is 9.47 Å². The molecule has 118 valence electrons. The molecule has 1 aromatic carbocycles. The monoisotopic (exact) mass is 303 g/mol. The van der Waals surface area contributed by atoms with Gasteiger partial charge in [0.1, 0.15) is 0 Å². The summed E-state index contributed by atoms with van der Waals surface area (Å²) >= 11 is 0. The molecular formula is C16H21N3O3. The van der Waals surface area contributed by atoms with Crippen molar-refractivity contribution in [3.05, 3.63) is 41.7 Å². The SMILES string of the molecule is Cc1ccccc1-n1cc(CCC2(CCO)OCCO2)nn1. The van der Waals surface area contributed by atoms with Crippen LogP contribution < -0.4 is 0 Å². The van der Waals surface area contributed by atoms with Crippen LogP contribution >= 0.6 is 0 Å². The van der Waals surface area contributed by atoms with Crippen molar-refractivity contribution in [1.82, 2.24) is 15.0 Å². The average Bonchev–Trinajstić information content (AvgIpc) is 3.16. The molecule has 0 radical (unpaired) electrons.